The Morgan fingerprint density at radius 3 is 2.81 bits per heavy atom. The SMILES string of the molecule is CCCCC(CC)CNc1cccc(N)n1. The number of rotatable bonds is 7. The number of anilines is 2. The molecule has 0 bridgehead atoms. The molecule has 0 fully saturated rings. The highest BCUT2D eigenvalue weighted by Gasteiger charge is 2.05. The summed E-state index contributed by atoms with van der Waals surface area (Å²) in [5, 5.41) is 3.35. The first-order valence-corrected chi connectivity index (χ1v) is 6.22. The second-order valence-electron chi connectivity index (χ2n) is 4.25. The van der Waals surface area contributed by atoms with E-state index in [2.05, 4.69) is 24.1 Å². The van der Waals surface area contributed by atoms with Crippen molar-refractivity contribution in [2.75, 3.05) is 17.6 Å². The number of pyridine rings is 1. The van der Waals surface area contributed by atoms with Gasteiger partial charge in [-0.15, -0.1) is 0 Å². The fourth-order valence-electron chi connectivity index (χ4n) is 1.74. The lowest BCUT2D eigenvalue weighted by atomic mass is 9.99. The molecule has 1 aromatic rings. The van der Waals surface area contributed by atoms with Gasteiger partial charge in [-0.1, -0.05) is 39.2 Å². The first-order chi connectivity index (χ1) is 7.76. The van der Waals surface area contributed by atoms with Crippen LogP contribution in [0.15, 0.2) is 18.2 Å². The topological polar surface area (TPSA) is 50.9 Å². The Labute approximate surface area is 98.5 Å². The summed E-state index contributed by atoms with van der Waals surface area (Å²) in [5.74, 6) is 2.20. The highest BCUT2D eigenvalue weighted by atomic mass is 15.0. The fourth-order valence-corrected chi connectivity index (χ4v) is 1.74. The lowest BCUT2D eigenvalue weighted by Gasteiger charge is -2.15. The molecule has 0 radical (unpaired) electrons. The Kier molecular flexibility index (Phi) is 5.68. The summed E-state index contributed by atoms with van der Waals surface area (Å²) in [5.41, 5.74) is 5.63. The predicted molar refractivity (Wildman–Crippen MR) is 70.4 cm³/mol. The summed E-state index contributed by atoms with van der Waals surface area (Å²) < 4.78 is 0. The van der Waals surface area contributed by atoms with Crippen molar-refractivity contribution in [3.05, 3.63) is 18.2 Å². The number of hydrogen-bond acceptors (Lipinski definition) is 3. The van der Waals surface area contributed by atoms with Crippen molar-refractivity contribution < 1.29 is 0 Å². The Hall–Kier alpha value is -1.25. The molecule has 0 amide bonds. The maximum absolute atomic E-state index is 5.63. The van der Waals surface area contributed by atoms with Gasteiger partial charge in [-0.3, -0.25) is 0 Å². The average Bonchev–Trinajstić information content (AvgIpc) is 2.29. The van der Waals surface area contributed by atoms with E-state index in [1.807, 2.05) is 12.1 Å². The maximum Gasteiger partial charge on any atom is 0.128 e. The molecule has 1 heterocycles. The van der Waals surface area contributed by atoms with Crippen molar-refractivity contribution in [1.29, 1.82) is 0 Å². The first kappa shape index (κ1) is 12.8. The molecular weight excluding hydrogens is 198 g/mol. The zero-order valence-corrected chi connectivity index (χ0v) is 10.4. The molecule has 16 heavy (non-hydrogen) atoms. The molecule has 0 aliphatic rings. The molecule has 3 heteroatoms. The van der Waals surface area contributed by atoms with E-state index in [-0.39, 0.29) is 0 Å². The van der Waals surface area contributed by atoms with Crippen molar-refractivity contribution in [2.45, 2.75) is 39.5 Å². The van der Waals surface area contributed by atoms with E-state index >= 15 is 0 Å². The van der Waals surface area contributed by atoms with Gasteiger partial charge in [0.25, 0.3) is 0 Å². The number of nitrogens with one attached hydrogen (secondary N) is 1. The van der Waals surface area contributed by atoms with Gasteiger partial charge in [-0.05, 0) is 24.5 Å². The van der Waals surface area contributed by atoms with Crippen LogP contribution >= 0.6 is 0 Å². The zero-order chi connectivity index (χ0) is 11.8. The standard InChI is InChI=1S/C13H23N3/c1-3-5-7-11(4-2)10-15-13-9-6-8-12(14)16-13/h6,8-9,11H,3-5,7,10H2,1-2H3,(H3,14,15,16). The van der Waals surface area contributed by atoms with Crippen LogP contribution in [-0.4, -0.2) is 11.5 Å². The van der Waals surface area contributed by atoms with Crippen LogP contribution in [0.4, 0.5) is 11.6 Å². The molecule has 1 atom stereocenters. The third-order valence-corrected chi connectivity index (χ3v) is 2.89. The van der Waals surface area contributed by atoms with Crippen LogP contribution in [-0.2, 0) is 0 Å². The van der Waals surface area contributed by atoms with E-state index in [1.165, 1.54) is 25.7 Å². The molecule has 3 nitrogen and oxygen atoms in total. The van der Waals surface area contributed by atoms with Gasteiger partial charge >= 0.3 is 0 Å². The van der Waals surface area contributed by atoms with E-state index in [0.717, 1.165) is 18.3 Å². The van der Waals surface area contributed by atoms with Crippen LogP contribution in [0.25, 0.3) is 0 Å². The quantitative estimate of drug-likeness (QED) is 0.742. The minimum atomic E-state index is 0.576. The van der Waals surface area contributed by atoms with Crippen LogP contribution in [0.5, 0.6) is 0 Å². The van der Waals surface area contributed by atoms with Crippen molar-refractivity contribution >= 4 is 11.6 Å². The molecule has 0 aliphatic carbocycles. The van der Waals surface area contributed by atoms with E-state index in [9.17, 15) is 0 Å². The second-order valence-corrected chi connectivity index (χ2v) is 4.25. The van der Waals surface area contributed by atoms with E-state index in [4.69, 9.17) is 5.73 Å². The van der Waals surface area contributed by atoms with Crippen LogP contribution in [0.3, 0.4) is 0 Å². The monoisotopic (exact) mass is 221 g/mol. The Morgan fingerprint density at radius 1 is 1.38 bits per heavy atom. The molecule has 0 aliphatic heterocycles. The van der Waals surface area contributed by atoms with E-state index < -0.39 is 0 Å². The number of nitrogen functional groups attached to an aromatic ring is 1. The molecule has 1 rings (SSSR count). The van der Waals surface area contributed by atoms with Gasteiger partial charge in [0.2, 0.25) is 0 Å². The Balaban J connectivity index is 2.37. The normalized spacial score (nSPS) is 12.4. The zero-order valence-electron chi connectivity index (χ0n) is 10.4. The fraction of sp³-hybridized carbons (Fsp3) is 0.615. The Morgan fingerprint density at radius 2 is 2.19 bits per heavy atom. The average molecular weight is 221 g/mol. The van der Waals surface area contributed by atoms with Gasteiger partial charge in [0.15, 0.2) is 0 Å². The van der Waals surface area contributed by atoms with Crippen LogP contribution in [0.1, 0.15) is 39.5 Å². The van der Waals surface area contributed by atoms with Crippen LogP contribution in [0, 0.1) is 5.92 Å². The molecule has 0 saturated heterocycles. The molecule has 0 saturated carbocycles. The van der Waals surface area contributed by atoms with Crippen molar-refractivity contribution in [1.82, 2.24) is 4.98 Å². The van der Waals surface area contributed by atoms with E-state index in [1.54, 1.807) is 6.07 Å². The summed E-state index contributed by atoms with van der Waals surface area (Å²) in [6.45, 7) is 5.47. The van der Waals surface area contributed by atoms with Crippen molar-refractivity contribution in [3.8, 4) is 0 Å². The minimum absolute atomic E-state index is 0.576. The van der Waals surface area contributed by atoms with Gasteiger partial charge in [-0.2, -0.15) is 0 Å². The highest BCUT2D eigenvalue weighted by Crippen LogP contribution is 2.14. The molecule has 3 N–H and O–H groups in total. The number of hydrogen-bond donors (Lipinski definition) is 2. The van der Waals surface area contributed by atoms with Crippen molar-refractivity contribution in [3.63, 3.8) is 0 Å². The largest absolute Gasteiger partial charge is 0.384 e. The third-order valence-electron chi connectivity index (χ3n) is 2.89. The molecule has 0 aromatic carbocycles. The molecule has 90 valence electrons. The lowest BCUT2D eigenvalue weighted by molar-refractivity contribution is 0.472. The highest BCUT2D eigenvalue weighted by molar-refractivity contribution is 5.42. The summed E-state index contributed by atoms with van der Waals surface area (Å²) >= 11 is 0. The second kappa shape index (κ2) is 7.09. The molecule has 1 aromatic heterocycles. The molecule has 1 unspecified atom stereocenters. The van der Waals surface area contributed by atoms with Gasteiger partial charge < -0.3 is 11.1 Å². The van der Waals surface area contributed by atoms with Gasteiger partial charge in [0.05, 0.1) is 0 Å². The van der Waals surface area contributed by atoms with Gasteiger partial charge in [-0.25, -0.2) is 4.98 Å². The van der Waals surface area contributed by atoms with Crippen LogP contribution in [0.2, 0.25) is 0 Å². The summed E-state index contributed by atoms with van der Waals surface area (Å²) in [4.78, 5) is 4.23. The first-order valence-electron chi connectivity index (χ1n) is 6.22. The van der Waals surface area contributed by atoms with Crippen molar-refractivity contribution in [2.24, 2.45) is 5.92 Å². The molecule has 0 spiro atoms. The number of aromatic nitrogens is 1. The van der Waals surface area contributed by atoms with Gasteiger partial charge in [0, 0.05) is 6.54 Å². The van der Waals surface area contributed by atoms with Crippen LogP contribution < -0.4 is 11.1 Å². The minimum Gasteiger partial charge on any atom is -0.384 e. The predicted octanol–water partition coefficient (Wildman–Crippen LogP) is 3.29. The van der Waals surface area contributed by atoms with E-state index in [0.29, 0.717) is 5.82 Å². The lowest BCUT2D eigenvalue weighted by Crippen LogP contribution is -2.14. The third kappa shape index (κ3) is 4.51. The number of nitrogens with two attached hydrogens (primary N) is 1. The smallest absolute Gasteiger partial charge is 0.128 e. The number of unbranched alkanes of at least 4 members (excludes halogenated alkanes) is 1. The number of nitrogens with zero attached hydrogens (tertiary/aromatic N) is 1. The summed E-state index contributed by atoms with van der Waals surface area (Å²) in [7, 11) is 0. The maximum atomic E-state index is 5.63. The Bertz CT molecular complexity index is 299. The summed E-state index contributed by atoms with van der Waals surface area (Å²) in [6, 6.07) is 5.69. The van der Waals surface area contributed by atoms with Gasteiger partial charge in [0.1, 0.15) is 11.6 Å². The summed E-state index contributed by atoms with van der Waals surface area (Å²) in [6.07, 6.45) is 5.09. The molecular formula is C13H23N3.